The van der Waals surface area contributed by atoms with Crippen LogP contribution < -0.4 is 10.2 Å². The molecule has 0 unspecified atom stereocenters. The number of rotatable bonds is 5. The largest absolute Gasteiger partial charge is 0.506 e. The van der Waals surface area contributed by atoms with Crippen molar-refractivity contribution in [3.05, 3.63) is 87.9 Å². The van der Waals surface area contributed by atoms with Crippen molar-refractivity contribution in [1.29, 1.82) is 0 Å². The lowest BCUT2D eigenvalue weighted by Crippen LogP contribution is -2.43. The number of hydrogen-bond acceptors (Lipinski definition) is 4. The van der Waals surface area contributed by atoms with Crippen molar-refractivity contribution in [1.82, 2.24) is 5.32 Å². The molecule has 0 saturated carbocycles. The molecule has 1 fully saturated rings. The van der Waals surface area contributed by atoms with E-state index in [4.69, 9.17) is 0 Å². The minimum Gasteiger partial charge on any atom is -0.506 e. The van der Waals surface area contributed by atoms with E-state index in [0.717, 1.165) is 43.9 Å². The van der Waals surface area contributed by atoms with Crippen molar-refractivity contribution in [3.63, 3.8) is 0 Å². The van der Waals surface area contributed by atoms with E-state index >= 15 is 0 Å². The van der Waals surface area contributed by atoms with Gasteiger partial charge in [0, 0.05) is 43.6 Å². The molecule has 0 spiro atoms. The van der Waals surface area contributed by atoms with Gasteiger partial charge in [-0.15, -0.1) is 0 Å². The SMILES string of the molecule is Oc1c(Br)cc(Cc2ccccc2)cc1C=Nc1ccc(N2CCNCC2)cc1. The van der Waals surface area contributed by atoms with Crippen molar-refractivity contribution in [3.8, 4) is 5.75 Å². The van der Waals surface area contributed by atoms with Gasteiger partial charge in [0.1, 0.15) is 5.75 Å². The predicted molar refractivity (Wildman–Crippen MR) is 124 cm³/mol. The number of nitrogens with one attached hydrogen (secondary N) is 1. The van der Waals surface area contributed by atoms with Crippen LogP contribution in [0.5, 0.6) is 5.75 Å². The molecule has 29 heavy (non-hydrogen) atoms. The Morgan fingerprint density at radius 3 is 2.41 bits per heavy atom. The lowest BCUT2D eigenvalue weighted by Gasteiger charge is -2.29. The molecule has 0 radical (unpaired) electrons. The monoisotopic (exact) mass is 449 g/mol. The highest BCUT2D eigenvalue weighted by Crippen LogP contribution is 2.30. The second-order valence-electron chi connectivity index (χ2n) is 7.19. The Labute approximate surface area is 180 Å². The zero-order chi connectivity index (χ0) is 20.1. The number of benzene rings is 3. The number of piperazine rings is 1. The van der Waals surface area contributed by atoms with Gasteiger partial charge in [0.15, 0.2) is 0 Å². The van der Waals surface area contributed by atoms with Crippen LogP contribution in [0.1, 0.15) is 16.7 Å². The standard InChI is InChI=1S/C24H24BrN3O/c25-23-16-19(14-18-4-2-1-3-5-18)15-20(24(23)29)17-27-21-6-8-22(9-7-21)28-12-10-26-11-13-28/h1-9,15-17,26,29H,10-14H2. The molecule has 1 aliphatic heterocycles. The zero-order valence-electron chi connectivity index (χ0n) is 16.2. The Bertz CT molecular complexity index is 981. The van der Waals surface area contributed by atoms with E-state index in [1.54, 1.807) is 6.21 Å². The number of phenolic OH excluding ortho intramolecular Hbond substituents is 1. The highest BCUT2D eigenvalue weighted by atomic mass is 79.9. The molecule has 0 aliphatic carbocycles. The Balaban J connectivity index is 1.51. The van der Waals surface area contributed by atoms with Crippen LogP contribution in [0.2, 0.25) is 0 Å². The maximum Gasteiger partial charge on any atom is 0.138 e. The van der Waals surface area contributed by atoms with Gasteiger partial charge in [0.25, 0.3) is 0 Å². The fourth-order valence-corrected chi connectivity index (χ4v) is 4.05. The quantitative estimate of drug-likeness (QED) is 0.544. The minimum absolute atomic E-state index is 0.211. The molecule has 0 aromatic heterocycles. The summed E-state index contributed by atoms with van der Waals surface area (Å²) >= 11 is 3.47. The van der Waals surface area contributed by atoms with Gasteiger partial charge < -0.3 is 15.3 Å². The molecule has 4 nitrogen and oxygen atoms in total. The Hall–Kier alpha value is -2.63. The second kappa shape index (κ2) is 9.25. The van der Waals surface area contributed by atoms with Crippen LogP contribution in [0.4, 0.5) is 11.4 Å². The van der Waals surface area contributed by atoms with Crippen molar-refractivity contribution >= 4 is 33.5 Å². The number of phenols is 1. The third kappa shape index (κ3) is 5.05. The van der Waals surface area contributed by atoms with Gasteiger partial charge in [-0.3, -0.25) is 4.99 Å². The molecule has 1 aliphatic rings. The summed E-state index contributed by atoms with van der Waals surface area (Å²) in [5.41, 5.74) is 5.15. The van der Waals surface area contributed by atoms with Crippen molar-refractivity contribution < 1.29 is 5.11 Å². The molecule has 0 atom stereocenters. The van der Waals surface area contributed by atoms with Crippen LogP contribution in [0.15, 0.2) is 76.2 Å². The number of hydrogen-bond donors (Lipinski definition) is 2. The first-order chi connectivity index (χ1) is 14.2. The van der Waals surface area contributed by atoms with Crippen molar-refractivity contribution in [2.45, 2.75) is 6.42 Å². The summed E-state index contributed by atoms with van der Waals surface area (Å²) < 4.78 is 0.682. The maximum absolute atomic E-state index is 10.4. The number of anilines is 1. The van der Waals surface area contributed by atoms with Gasteiger partial charge in [0.05, 0.1) is 10.2 Å². The predicted octanol–water partition coefficient (Wildman–Crippen LogP) is 4.91. The second-order valence-corrected chi connectivity index (χ2v) is 8.04. The van der Waals surface area contributed by atoms with Crippen LogP contribution in [-0.2, 0) is 6.42 Å². The molecular weight excluding hydrogens is 426 g/mol. The summed E-state index contributed by atoms with van der Waals surface area (Å²) in [7, 11) is 0. The molecule has 0 amide bonds. The molecule has 3 aromatic carbocycles. The van der Waals surface area contributed by atoms with Crippen LogP contribution in [0.3, 0.4) is 0 Å². The van der Waals surface area contributed by atoms with Gasteiger partial charge in [0.2, 0.25) is 0 Å². The summed E-state index contributed by atoms with van der Waals surface area (Å²) in [5, 5.41) is 13.8. The van der Waals surface area contributed by atoms with E-state index in [-0.39, 0.29) is 5.75 Å². The molecule has 2 N–H and O–H groups in total. The first-order valence-corrected chi connectivity index (χ1v) is 10.6. The molecule has 5 heteroatoms. The van der Waals surface area contributed by atoms with E-state index in [9.17, 15) is 5.11 Å². The van der Waals surface area contributed by atoms with Gasteiger partial charge in [-0.25, -0.2) is 0 Å². The number of nitrogens with zero attached hydrogens (tertiary/aromatic N) is 2. The fraction of sp³-hybridized carbons (Fsp3) is 0.208. The maximum atomic E-state index is 10.4. The summed E-state index contributed by atoms with van der Waals surface area (Å²) in [6.07, 6.45) is 2.54. The van der Waals surface area contributed by atoms with Crippen LogP contribution in [0, 0.1) is 0 Å². The molecule has 1 saturated heterocycles. The third-order valence-electron chi connectivity index (χ3n) is 5.09. The van der Waals surface area contributed by atoms with E-state index in [0.29, 0.717) is 10.0 Å². The first-order valence-electron chi connectivity index (χ1n) is 9.84. The van der Waals surface area contributed by atoms with Crippen LogP contribution in [0.25, 0.3) is 0 Å². The number of aliphatic imine (C=N–C) groups is 1. The molecule has 4 rings (SSSR count). The topological polar surface area (TPSA) is 47.9 Å². The van der Waals surface area contributed by atoms with E-state index in [1.807, 2.05) is 42.5 Å². The lowest BCUT2D eigenvalue weighted by atomic mass is 10.0. The average Bonchev–Trinajstić information content (AvgIpc) is 2.77. The van der Waals surface area contributed by atoms with Gasteiger partial charge in [-0.1, -0.05) is 30.3 Å². The molecule has 0 bridgehead atoms. The van der Waals surface area contributed by atoms with Gasteiger partial charge in [-0.2, -0.15) is 0 Å². The van der Waals surface area contributed by atoms with Crippen molar-refractivity contribution in [2.75, 3.05) is 31.1 Å². The van der Waals surface area contributed by atoms with E-state index in [2.05, 4.69) is 55.4 Å². The van der Waals surface area contributed by atoms with Crippen LogP contribution in [-0.4, -0.2) is 37.5 Å². The number of halogens is 1. The Morgan fingerprint density at radius 2 is 1.69 bits per heavy atom. The van der Waals surface area contributed by atoms with Crippen molar-refractivity contribution in [2.24, 2.45) is 4.99 Å². The fourth-order valence-electron chi connectivity index (χ4n) is 3.53. The first kappa shape index (κ1) is 19.7. The Kier molecular flexibility index (Phi) is 6.27. The van der Waals surface area contributed by atoms with E-state index < -0.39 is 0 Å². The molecule has 1 heterocycles. The average molecular weight is 450 g/mol. The van der Waals surface area contributed by atoms with E-state index in [1.165, 1.54) is 11.3 Å². The summed E-state index contributed by atoms with van der Waals surface area (Å²) in [4.78, 5) is 6.95. The lowest BCUT2D eigenvalue weighted by molar-refractivity contribution is 0.471. The zero-order valence-corrected chi connectivity index (χ0v) is 17.8. The Morgan fingerprint density at radius 1 is 0.966 bits per heavy atom. The third-order valence-corrected chi connectivity index (χ3v) is 5.69. The van der Waals surface area contributed by atoms with Gasteiger partial charge in [-0.05, 0) is 69.9 Å². The normalized spacial score (nSPS) is 14.4. The number of aromatic hydroxyl groups is 1. The highest BCUT2D eigenvalue weighted by molar-refractivity contribution is 9.10. The smallest absolute Gasteiger partial charge is 0.138 e. The summed E-state index contributed by atoms with van der Waals surface area (Å²) in [6, 6.07) is 22.5. The molecule has 3 aromatic rings. The minimum atomic E-state index is 0.211. The summed E-state index contributed by atoms with van der Waals surface area (Å²) in [6.45, 7) is 4.10. The van der Waals surface area contributed by atoms with Gasteiger partial charge >= 0.3 is 0 Å². The van der Waals surface area contributed by atoms with Crippen LogP contribution >= 0.6 is 15.9 Å². The molecular formula is C24H24BrN3O. The summed E-state index contributed by atoms with van der Waals surface area (Å²) in [5.74, 6) is 0.211. The molecule has 148 valence electrons. The highest BCUT2D eigenvalue weighted by Gasteiger charge is 2.10.